The van der Waals surface area contributed by atoms with E-state index >= 15 is 0 Å². The Hall–Kier alpha value is -0.680. The summed E-state index contributed by atoms with van der Waals surface area (Å²) in [5.74, 6) is 0. The molecule has 0 radical (unpaired) electrons. The Kier molecular flexibility index (Phi) is 2.83. The van der Waals surface area contributed by atoms with Crippen LogP contribution in [0.15, 0.2) is 29.2 Å². The van der Waals surface area contributed by atoms with E-state index in [0.717, 1.165) is 6.92 Å². The lowest BCUT2D eigenvalue weighted by molar-refractivity contribution is -0.258. The zero-order chi connectivity index (χ0) is 11.0. The molecular formula is C9H9F3OS. The van der Waals surface area contributed by atoms with E-state index in [1.807, 2.05) is 0 Å². The Morgan fingerprint density at radius 1 is 1.14 bits per heavy atom. The van der Waals surface area contributed by atoms with E-state index in [1.54, 1.807) is 0 Å². The van der Waals surface area contributed by atoms with Crippen LogP contribution in [0.5, 0.6) is 0 Å². The molecule has 0 amide bonds. The summed E-state index contributed by atoms with van der Waals surface area (Å²) in [5.41, 5.74) is -3.00. The highest BCUT2D eigenvalue weighted by atomic mass is 32.1. The zero-order valence-electron chi connectivity index (χ0n) is 7.34. The van der Waals surface area contributed by atoms with E-state index in [2.05, 4.69) is 12.6 Å². The molecular weight excluding hydrogens is 213 g/mol. The van der Waals surface area contributed by atoms with E-state index in [1.165, 1.54) is 24.3 Å². The summed E-state index contributed by atoms with van der Waals surface area (Å²) < 4.78 is 37.1. The lowest BCUT2D eigenvalue weighted by Crippen LogP contribution is -2.39. The van der Waals surface area contributed by atoms with Gasteiger partial charge in [0, 0.05) is 4.90 Å². The van der Waals surface area contributed by atoms with Gasteiger partial charge in [-0.15, -0.1) is 12.6 Å². The Morgan fingerprint density at radius 2 is 1.57 bits per heavy atom. The smallest absolute Gasteiger partial charge is 0.376 e. The van der Waals surface area contributed by atoms with E-state index in [4.69, 9.17) is 0 Å². The van der Waals surface area contributed by atoms with Crippen LogP contribution in [0.1, 0.15) is 12.5 Å². The first-order valence-corrected chi connectivity index (χ1v) is 4.28. The lowest BCUT2D eigenvalue weighted by atomic mass is 9.96. The summed E-state index contributed by atoms with van der Waals surface area (Å²) in [7, 11) is 0. The minimum Gasteiger partial charge on any atom is -0.376 e. The molecule has 1 aromatic carbocycles. The molecule has 5 heteroatoms. The van der Waals surface area contributed by atoms with Crippen LogP contribution in [0.4, 0.5) is 13.2 Å². The van der Waals surface area contributed by atoms with Gasteiger partial charge >= 0.3 is 6.18 Å². The zero-order valence-corrected chi connectivity index (χ0v) is 8.23. The fourth-order valence-corrected chi connectivity index (χ4v) is 1.10. The maximum atomic E-state index is 12.4. The van der Waals surface area contributed by atoms with Crippen LogP contribution in [0.2, 0.25) is 0 Å². The summed E-state index contributed by atoms with van der Waals surface area (Å²) in [5, 5.41) is 9.26. The van der Waals surface area contributed by atoms with Gasteiger partial charge in [-0.2, -0.15) is 13.2 Å². The van der Waals surface area contributed by atoms with Gasteiger partial charge in [0.05, 0.1) is 0 Å². The Morgan fingerprint density at radius 3 is 1.93 bits per heavy atom. The highest BCUT2D eigenvalue weighted by Crippen LogP contribution is 2.38. The average molecular weight is 222 g/mol. The van der Waals surface area contributed by atoms with Crippen molar-refractivity contribution in [3.05, 3.63) is 29.8 Å². The van der Waals surface area contributed by atoms with E-state index in [9.17, 15) is 18.3 Å². The minimum absolute atomic E-state index is 0.192. The van der Waals surface area contributed by atoms with Gasteiger partial charge in [-0.05, 0) is 24.6 Å². The number of rotatable bonds is 1. The quantitative estimate of drug-likeness (QED) is 0.700. The molecule has 14 heavy (non-hydrogen) atoms. The number of hydrogen-bond donors (Lipinski definition) is 2. The molecule has 0 fully saturated rings. The molecule has 0 aromatic heterocycles. The fraction of sp³-hybridized carbons (Fsp3) is 0.333. The number of benzene rings is 1. The summed E-state index contributed by atoms with van der Waals surface area (Å²) in [6, 6.07) is 5.21. The molecule has 1 N–H and O–H groups in total. The maximum absolute atomic E-state index is 12.4. The van der Waals surface area contributed by atoms with Crippen LogP contribution in [0.25, 0.3) is 0 Å². The third kappa shape index (κ3) is 2.04. The second-order valence-electron chi connectivity index (χ2n) is 3.12. The van der Waals surface area contributed by atoms with Gasteiger partial charge in [-0.1, -0.05) is 12.1 Å². The molecule has 0 aliphatic rings. The van der Waals surface area contributed by atoms with Crippen molar-refractivity contribution in [3.8, 4) is 0 Å². The number of halogens is 3. The highest BCUT2D eigenvalue weighted by molar-refractivity contribution is 7.80. The molecule has 0 bridgehead atoms. The standard InChI is InChI=1S/C9H9F3OS/c1-8(13,9(10,11)12)6-2-4-7(14)5-3-6/h2-5,13-14H,1H3. The number of alkyl halides is 3. The largest absolute Gasteiger partial charge is 0.421 e. The summed E-state index contributed by atoms with van der Waals surface area (Å²) in [6.07, 6.45) is -4.68. The molecule has 0 aliphatic heterocycles. The number of thiol groups is 1. The Balaban J connectivity index is 3.10. The Labute approximate surface area is 85.0 Å². The first-order valence-electron chi connectivity index (χ1n) is 3.84. The molecule has 0 saturated heterocycles. The summed E-state index contributed by atoms with van der Waals surface area (Å²) in [6.45, 7) is 0.723. The van der Waals surface area contributed by atoms with Gasteiger partial charge in [0.25, 0.3) is 0 Å². The van der Waals surface area contributed by atoms with Gasteiger partial charge in [-0.3, -0.25) is 0 Å². The predicted molar refractivity (Wildman–Crippen MR) is 49.3 cm³/mol. The van der Waals surface area contributed by atoms with Crippen molar-refractivity contribution in [2.24, 2.45) is 0 Å². The van der Waals surface area contributed by atoms with Crippen molar-refractivity contribution < 1.29 is 18.3 Å². The molecule has 1 nitrogen and oxygen atoms in total. The maximum Gasteiger partial charge on any atom is 0.421 e. The molecule has 1 rings (SSSR count). The van der Waals surface area contributed by atoms with Gasteiger partial charge in [0.2, 0.25) is 0 Å². The minimum atomic E-state index is -4.68. The molecule has 1 atom stereocenters. The second kappa shape index (κ2) is 3.47. The Bertz CT molecular complexity index is 316. The molecule has 0 heterocycles. The first kappa shape index (κ1) is 11.4. The van der Waals surface area contributed by atoms with Crippen LogP contribution in [-0.2, 0) is 5.60 Å². The third-order valence-corrected chi connectivity index (χ3v) is 2.28. The van der Waals surface area contributed by atoms with Gasteiger partial charge < -0.3 is 5.11 Å². The van der Waals surface area contributed by atoms with E-state index in [0.29, 0.717) is 4.90 Å². The number of aliphatic hydroxyl groups is 1. The lowest BCUT2D eigenvalue weighted by Gasteiger charge is -2.26. The fourth-order valence-electron chi connectivity index (χ4n) is 0.950. The summed E-state index contributed by atoms with van der Waals surface area (Å²) in [4.78, 5) is 0.548. The third-order valence-electron chi connectivity index (χ3n) is 1.98. The van der Waals surface area contributed by atoms with Gasteiger partial charge in [0.1, 0.15) is 0 Å². The van der Waals surface area contributed by atoms with Crippen molar-refractivity contribution in [2.75, 3.05) is 0 Å². The van der Waals surface area contributed by atoms with Crippen LogP contribution >= 0.6 is 12.6 Å². The van der Waals surface area contributed by atoms with Gasteiger partial charge in [-0.25, -0.2) is 0 Å². The van der Waals surface area contributed by atoms with Crippen molar-refractivity contribution in [2.45, 2.75) is 23.6 Å². The van der Waals surface area contributed by atoms with Crippen LogP contribution in [0, 0.1) is 0 Å². The monoisotopic (exact) mass is 222 g/mol. The van der Waals surface area contributed by atoms with E-state index < -0.39 is 11.8 Å². The molecule has 0 saturated carbocycles. The molecule has 0 spiro atoms. The van der Waals surface area contributed by atoms with Crippen LogP contribution in [0.3, 0.4) is 0 Å². The second-order valence-corrected chi connectivity index (χ2v) is 3.63. The van der Waals surface area contributed by atoms with Crippen LogP contribution < -0.4 is 0 Å². The van der Waals surface area contributed by atoms with Crippen molar-refractivity contribution in [3.63, 3.8) is 0 Å². The number of hydrogen-bond acceptors (Lipinski definition) is 2. The highest BCUT2D eigenvalue weighted by Gasteiger charge is 2.50. The van der Waals surface area contributed by atoms with E-state index in [-0.39, 0.29) is 5.56 Å². The predicted octanol–water partition coefficient (Wildman–Crippen LogP) is 2.75. The van der Waals surface area contributed by atoms with Crippen molar-refractivity contribution in [1.82, 2.24) is 0 Å². The molecule has 78 valence electrons. The molecule has 0 aliphatic carbocycles. The SMILES string of the molecule is CC(O)(c1ccc(S)cc1)C(F)(F)F. The summed E-state index contributed by atoms with van der Waals surface area (Å²) >= 11 is 3.94. The first-order chi connectivity index (χ1) is 6.25. The van der Waals surface area contributed by atoms with Crippen LogP contribution in [-0.4, -0.2) is 11.3 Å². The van der Waals surface area contributed by atoms with Gasteiger partial charge in [0.15, 0.2) is 5.60 Å². The molecule has 1 unspecified atom stereocenters. The van der Waals surface area contributed by atoms with Crippen molar-refractivity contribution in [1.29, 1.82) is 0 Å². The average Bonchev–Trinajstić information content (AvgIpc) is 2.03. The molecule has 1 aromatic rings. The van der Waals surface area contributed by atoms with Crippen molar-refractivity contribution >= 4 is 12.6 Å². The topological polar surface area (TPSA) is 20.2 Å². The normalized spacial score (nSPS) is 16.4.